The van der Waals surface area contributed by atoms with E-state index in [-0.39, 0.29) is 6.61 Å². The summed E-state index contributed by atoms with van der Waals surface area (Å²) in [6.45, 7) is 7.74. The van der Waals surface area contributed by atoms with Gasteiger partial charge in [-0.15, -0.1) is 0 Å². The van der Waals surface area contributed by atoms with Gasteiger partial charge in [0.05, 0.1) is 19.8 Å². The van der Waals surface area contributed by atoms with Crippen molar-refractivity contribution in [2.45, 2.75) is 39.5 Å². The van der Waals surface area contributed by atoms with Gasteiger partial charge in [-0.25, -0.2) is 0 Å². The van der Waals surface area contributed by atoms with Crippen molar-refractivity contribution < 1.29 is 9.84 Å². The first kappa shape index (κ1) is 18.2. The number of hydrogen-bond donors (Lipinski definition) is 2. The lowest BCUT2D eigenvalue weighted by molar-refractivity contribution is 0.0679. The van der Waals surface area contributed by atoms with Gasteiger partial charge < -0.3 is 14.7 Å². The molecule has 0 fully saturated rings. The van der Waals surface area contributed by atoms with E-state index in [1.54, 1.807) is 0 Å². The Balaban J connectivity index is 4.12. The third-order valence-corrected chi connectivity index (χ3v) is 4.03. The van der Waals surface area contributed by atoms with E-state index in [0.717, 1.165) is 18.8 Å². The lowest BCUT2D eigenvalue weighted by Gasteiger charge is -2.36. The normalized spacial score (nSPS) is 12.3. The van der Waals surface area contributed by atoms with E-state index in [0.29, 0.717) is 18.6 Å². The molecule has 0 unspecified atom stereocenters. The second-order valence-electron chi connectivity index (χ2n) is 5.23. The van der Waals surface area contributed by atoms with Gasteiger partial charge >= 0.3 is 0 Å². The molecular formula is C14H31NO2S. The van der Waals surface area contributed by atoms with Gasteiger partial charge in [-0.3, -0.25) is 0 Å². The zero-order chi connectivity index (χ0) is 13.9. The average molecular weight is 277 g/mol. The van der Waals surface area contributed by atoms with Crippen LogP contribution in [0.15, 0.2) is 0 Å². The molecule has 1 N–H and O–H groups in total. The Morgan fingerprint density at radius 2 is 1.78 bits per heavy atom. The first-order chi connectivity index (χ1) is 8.64. The Labute approximate surface area is 118 Å². The van der Waals surface area contributed by atoms with E-state index in [9.17, 15) is 0 Å². The van der Waals surface area contributed by atoms with Gasteiger partial charge in [0.2, 0.25) is 0 Å². The first-order valence-corrected chi connectivity index (χ1v) is 7.75. The Kier molecular flexibility index (Phi) is 11.2. The summed E-state index contributed by atoms with van der Waals surface area (Å²) in [5.41, 5.74) is 0.346. The topological polar surface area (TPSA) is 32.7 Å². The first-order valence-electron chi connectivity index (χ1n) is 7.12. The van der Waals surface area contributed by atoms with Crippen LogP contribution in [0, 0.1) is 5.41 Å². The van der Waals surface area contributed by atoms with Gasteiger partial charge in [0, 0.05) is 13.1 Å². The van der Waals surface area contributed by atoms with Crippen molar-refractivity contribution in [1.29, 1.82) is 0 Å². The summed E-state index contributed by atoms with van der Waals surface area (Å²) in [4.78, 5) is 2.33. The van der Waals surface area contributed by atoms with Crippen LogP contribution in [0.2, 0.25) is 0 Å². The van der Waals surface area contributed by atoms with Crippen molar-refractivity contribution in [3.8, 4) is 0 Å². The van der Waals surface area contributed by atoms with E-state index in [4.69, 9.17) is 9.84 Å². The molecule has 0 aliphatic rings. The monoisotopic (exact) mass is 277 g/mol. The predicted molar refractivity (Wildman–Crippen MR) is 81.5 cm³/mol. The predicted octanol–water partition coefficient (Wildman–Crippen LogP) is 2.44. The van der Waals surface area contributed by atoms with Crippen LogP contribution in [0.4, 0.5) is 0 Å². The molecule has 0 aromatic heterocycles. The molecular weight excluding hydrogens is 246 g/mol. The molecule has 0 saturated carbocycles. The molecule has 0 atom stereocenters. The fourth-order valence-electron chi connectivity index (χ4n) is 2.59. The molecule has 0 radical (unpaired) electrons. The number of aliphatic hydroxyl groups is 1. The van der Waals surface area contributed by atoms with Gasteiger partial charge in [-0.05, 0) is 31.1 Å². The van der Waals surface area contributed by atoms with Crippen molar-refractivity contribution in [2.75, 3.05) is 45.7 Å². The Morgan fingerprint density at radius 3 is 2.22 bits per heavy atom. The number of hydrogen-bond acceptors (Lipinski definition) is 4. The maximum Gasteiger partial charge on any atom is 0.0698 e. The number of nitrogens with zero attached hydrogens (tertiary/aromatic N) is 1. The number of likely N-dealkylation sites (N-methyl/N-ethyl adjacent to an activating group) is 1. The standard InChI is InChI=1S/C14H31NO2S/c1-4-6-14(13-18,7-5-2)12-15(3)8-10-17-11-9-16/h16,18H,4-13H2,1-3H3. The number of rotatable bonds is 12. The second-order valence-corrected chi connectivity index (χ2v) is 5.55. The molecule has 0 aromatic rings. The molecule has 0 bridgehead atoms. The van der Waals surface area contributed by atoms with Crippen LogP contribution in [0.5, 0.6) is 0 Å². The van der Waals surface area contributed by atoms with E-state index in [2.05, 4.69) is 38.4 Å². The zero-order valence-corrected chi connectivity index (χ0v) is 13.2. The largest absolute Gasteiger partial charge is 0.394 e. The Morgan fingerprint density at radius 1 is 1.17 bits per heavy atom. The second kappa shape index (κ2) is 11.1. The van der Waals surface area contributed by atoms with E-state index in [1.165, 1.54) is 25.7 Å². The summed E-state index contributed by atoms with van der Waals surface area (Å²) in [6.07, 6.45) is 4.92. The van der Waals surface area contributed by atoms with Gasteiger partial charge in [0.15, 0.2) is 0 Å². The molecule has 0 saturated heterocycles. The summed E-state index contributed by atoms with van der Waals surface area (Å²) in [5.74, 6) is 0.955. The highest BCUT2D eigenvalue weighted by atomic mass is 32.1. The molecule has 0 aromatic carbocycles. The van der Waals surface area contributed by atoms with Crippen molar-refractivity contribution >= 4 is 12.6 Å². The van der Waals surface area contributed by atoms with E-state index < -0.39 is 0 Å². The Hall–Kier alpha value is 0.230. The highest BCUT2D eigenvalue weighted by molar-refractivity contribution is 7.80. The highest BCUT2D eigenvalue weighted by Crippen LogP contribution is 2.32. The molecule has 110 valence electrons. The quantitative estimate of drug-likeness (QED) is 0.424. The summed E-state index contributed by atoms with van der Waals surface area (Å²) in [5, 5.41) is 8.65. The minimum Gasteiger partial charge on any atom is -0.394 e. The van der Waals surface area contributed by atoms with Crippen LogP contribution >= 0.6 is 12.6 Å². The average Bonchev–Trinajstić information content (AvgIpc) is 2.35. The highest BCUT2D eigenvalue weighted by Gasteiger charge is 2.28. The maximum absolute atomic E-state index is 8.65. The Bertz CT molecular complexity index is 185. The molecule has 4 heteroatoms. The van der Waals surface area contributed by atoms with E-state index >= 15 is 0 Å². The maximum atomic E-state index is 8.65. The smallest absolute Gasteiger partial charge is 0.0698 e. The third kappa shape index (κ3) is 7.62. The van der Waals surface area contributed by atoms with Crippen molar-refractivity contribution in [3.05, 3.63) is 0 Å². The lowest BCUT2D eigenvalue weighted by atomic mass is 9.80. The summed E-state index contributed by atoms with van der Waals surface area (Å²) in [7, 11) is 2.14. The van der Waals surface area contributed by atoms with Crippen LogP contribution in [0.1, 0.15) is 39.5 Å². The molecule has 18 heavy (non-hydrogen) atoms. The van der Waals surface area contributed by atoms with Crippen molar-refractivity contribution in [1.82, 2.24) is 4.90 Å². The van der Waals surface area contributed by atoms with Crippen LogP contribution in [-0.2, 0) is 4.74 Å². The minimum absolute atomic E-state index is 0.107. The molecule has 0 amide bonds. The summed E-state index contributed by atoms with van der Waals surface area (Å²) >= 11 is 4.58. The molecule has 0 aliphatic carbocycles. The van der Waals surface area contributed by atoms with Crippen LogP contribution in [-0.4, -0.2) is 55.7 Å². The molecule has 3 nitrogen and oxygen atoms in total. The SMILES string of the molecule is CCCC(CS)(CCC)CN(C)CCOCCO. The van der Waals surface area contributed by atoms with Crippen molar-refractivity contribution in [3.63, 3.8) is 0 Å². The molecule has 0 rings (SSSR count). The van der Waals surface area contributed by atoms with Crippen LogP contribution < -0.4 is 0 Å². The zero-order valence-electron chi connectivity index (χ0n) is 12.3. The van der Waals surface area contributed by atoms with Gasteiger partial charge in [-0.1, -0.05) is 26.7 Å². The minimum atomic E-state index is 0.107. The molecule has 0 aliphatic heterocycles. The van der Waals surface area contributed by atoms with Gasteiger partial charge in [0.25, 0.3) is 0 Å². The van der Waals surface area contributed by atoms with Crippen LogP contribution in [0.25, 0.3) is 0 Å². The number of thiol groups is 1. The van der Waals surface area contributed by atoms with Gasteiger partial charge in [0.1, 0.15) is 0 Å². The fraction of sp³-hybridized carbons (Fsp3) is 1.00. The van der Waals surface area contributed by atoms with Crippen LogP contribution in [0.3, 0.4) is 0 Å². The summed E-state index contributed by atoms with van der Waals surface area (Å²) in [6, 6.07) is 0. The third-order valence-electron chi connectivity index (χ3n) is 3.35. The summed E-state index contributed by atoms with van der Waals surface area (Å²) < 4.78 is 5.31. The van der Waals surface area contributed by atoms with Crippen molar-refractivity contribution in [2.24, 2.45) is 5.41 Å². The number of ether oxygens (including phenoxy) is 1. The molecule has 0 heterocycles. The fourth-order valence-corrected chi connectivity index (χ4v) is 3.01. The van der Waals surface area contributed by atoms with Gasteiger partial charge in [-0.2, -0.15) is 12.6 Å². The van der Waals surface area contributed by atoms with E-state index in [1.807, 2.05) is 0 Å². The molecule has 0 spiro atoms. The number of aliphatic hydroxyl groups excluding tert-OH is 1. The lowest BCUT2D eigenvalue weighted by Crippen LogP contribution is -2.38.